The molecule has 1 N–H and O–H groups in total. The Balaban J connectivity index is 1.92. The molecule has 1 heterocycles. The van der Waals surface area contributed by atoms with Gasteiger partial charge in [-0.15, -0.1) is 0 Å². The Labute approximate surface area is 167 Å². The van der Waals surface area contributed by atoms with Crippen LogP contribution in [0.25, 0.3) is 0 Å². The van der Waals surface area contributed by atoms with Gasteiger partial charge in [-0.05, 0) is 64.7 Å². The predicted octanol–water partition coefficient (Wildman–Crippen LogP) is 5.25. The number of hydrogen-bond acceptors (Lipinski definition) is 4. The number of ether oxygens (including phenoxy) is 1. The summed E-state index contributed by atoms with van der Waals surface area (Å²) in [6.07, 6.45) is 7.76. The SMILES string of the molecule is CC(C)=CCC(=O)C(C)=CCCC(C)=CCC1(O)Oc2cccc(C)c2C1=O. The lowest BCUT2D eigenvalue weighted by Crippen LogP contribution is -2.39. The number of carbonyl (C=O) groups excluding carboxylic acids is 2. The highest BCUT2D eigenvalue weighted by Gasteiger charge is 2.46. The number of aryl methyl sites for hydroxylation is 1. The number of aliphatic hydroxyl groups is 1. The van der Waals surface area contributed by atoms with Gasteiger partial charge in [0.2, 0.25) is 5.78 Å². The minimum absolute atomic E-state index is 0.105. The van der Waals surface area contributed by atoms with Crippen LogP contribution < -0.4 is 4.74 Å². The van der Waals surface area contributed by atoms with Crippen LogP contribution in [-0.4, -0.2) is 22.5 Å². The lowest BCUT2D eigenvalue weighted by atomic mass is 9.98. The van der Waals surface area contributed by atoms with Crippen molar-refractivity contribution in [2.75, 3.05) is 0 Å². The molecule has 0 saturated carbocycles. The second-order valence-corrected chi connectivity index (χ2v) is 7.75. The van der Waals surface area contributed by atoms with Crippen LogP contribution in [0, 0.1) is 6.92 Å². The van der Waals surface area contributed by atoms with Gasteiger partial charge in [0.25, 0.3) is 5.79 Å². The lowest BCUT2D eigenvalue weighted by Gasteiger charge is -2.19. The molecule has 1 aromatic rings. The first-order chi connectivity index (χ1) is 13.1. The van der Waals surface area contributed by atoms with Gasteiger partial charge in [0.1, 0.15) is 5.75 Å². The van der Waals surface area contributed by atoms with Crippen LogP contribution in [0.2, 0.25) is 0 Å². The largest absolute Gasteiger partial charge is 0.453 e. The maximum atomic E-state index is 12.6. The molecule has 4 heteroatoms. The molecule has 0 bridgehead atoms. The number of allylic oxidation sites excluding steroid dienone is 5. The van der Waals surface area contributed by atoms with E-state index in [1.807, 2.05) is 65.0 Å². The molecule has 0 aromatic heterocycles. The fourth-order valence-electron chi connectivity index (χ4n) is 3.08. The van der Waals surface area contributed by atoms with Gasteiger partial charge in [-0.2, -0.15) is 0 Å². The number of carbonyl (C=O) groups is 2. The molecule has 1 aliphatic heterocycles. The average Bonchev–Trinajstić information content (AvgIpc) is 2.90. The number of rotatable bonds is 8. The Morgan fingerprint density at radius 2 is 1.86 bits per heavy atom. The molecule has 28 heavy (non-hydrogen) atoms. The highest BCUT2D eigenvalue weighted by Crippen LogP contribution is 2.37. The van der Waals surface area contributed by atoms with E-state index in [4.69, 9.17) is 4.74 Å². The normalized spacial score (nSPS) is 19.3. The predicted molar refractivity (Wildman–Crippen MR) is 112 cm³/mol. The van der Waals surface area contributed by atoms with Crippen molar-refractivity contribution in [1.29, 1.82) is 0 Å². The van der Waals surface area contributed by atoms with Gasteiger partial charge in [0.15, 0.2) is 5.78 Å². The number of hydrogen-bond donors (Lipinski definition) is 1. The van der Waals surface area contributed by atoms with Crippen molar-refractivity contribution in [2.45, 2.75) is 66.1 Å². The van der Waals surface area contributed by atoms with E-state index >= 15 is 0 Å². The van der Waals surface area contributed by atoms with Gasteiger partial charge in [-0.1, -0.05) is 41.5 Å². The maximum absolute atomic E-state index is 12.6. The second-order valence-electron chi connectivity index (χ2n) is 7.75. The summed E-state index contributed by atoms with van der Waals surface area (Å²) in [5.74, 6) is -1.64. The zero-order chi connectivity index (χ0) is 20.9. The first-order valence-corrected chi connectivity index (χ1v) is 9.69. The van der Waals surface area contributed by atoms with Gasteiger partial charge in [0, 0.05) is 12.8 Å². The van der Waals surface area contributed by atoms with Crippen LogP contribution in [-0.2, 0) is 4.79 Å². The number of ketones is 2. The molecular weight excluding hydrogens is 352 g/mol. The van der Waals surface area contributed by atoms with E-state index in [1.165, 1.54) is 0 Å². The number of Topliss-reactive ketones (excluding diaryl/α,β-unsaturated/α-hetero) is 2. The van der Waals surface area contributed by atoms with Crippen molar-refractivity contribution in [1.82, 2.24) is 0 Å². The van der Waals surface area contributed by atoms with E-state index in [0.717, 1.165) is 35.1 Å². The third kappa shape index (κ3) is 5.29. The van der Waals surface area contributed by atoms with Crippen LogP contribution in [0.15, 0.2) is 53.1 Å². The van der Waals surface area contributed by atoms with E-state index < -0.39 is 5.79 Å². The van der Waals surface area contributed by atoms with Crippen molar-refractivity contribution in [3.8, 4) is 5.75 Å². The fourth-order valence-corrected chi connectivity index (χ4v) is 3.08. The number of benzene rings is 1. The minimum atomic E-state index is -1.83. The van der Waals surface area contributed by atoms with Crippen LogP contribution >= 0.6 is 0 Å². The fraction of sp³-hybridized carbons (Fsp3) is 0.417. The summed E-state index contributed by atoms with van der Waals surface area (Å²) in [4.78, 5) is 24.6. The molecule has 4 nitrogen and oxygen atoms in total. The molecule has 0 spiro atoms. The number of fused-ring (bicyclic) bond motifs is 1. The minimum Gasteiger partial charge on any atom is -0.453 e. The van der Waals surface area contributed by atoms with E-state index in [2.05, 4.69) is 0 Å². The van der Waals surface area contributed by atoms with Crippen molar-refractivity contribution in [3.63, 3.8) is 0 Å². The van der Waals surface area contributed by atoms with Crippen LogP contribution in [0.3, 0.4) is 0 Å². The molecule has 0 aliphatic carbocycles. The molecule has 0 amide bonds. The van der Waals surface area contributed by atoms with Crippen LogP contribution in [0.4, 0.5) is 0 Å². The van der Waals surface area contributed by atoms with Gasteiger partial charge in [-0.25, -0.2) is 0 Å². The molecule has 1 aromatic carbocycles. The van der Waals surface area contributed by atoms with E-state index in [9.17, 15) is 14.7 Å². The monoisotopic (exact) mass is 382 g/mol. The first-order valence-electron chi connectivity index (χ1n) is 9.69. The molecule has 2 rings (SSSR count). The highest BCUT2D eigenvalue weighted by molar-refractivity contribution is 6.07. The Kier molecular flexibility index (Phi) is 7.14. The maximum Gasteiger partial charge on any atom is 0.276 e. The van der Waals surface area contributed by atoms with E-state index in [1.54, 1.807) is 6.07 Å². The quantitative estimate of drug-likeness (QED) is 0.493. The summed E-state index contributed by atoms with van der Waals surface area (Å²) in [5.41, 5.74) is 4.21. The Hall–Kier alpha value is -2.46. The highest BCUT2D eigenvalue weighted by atomic mass is 16.6. The summed E-state index contributed by atoms with van der Waals surface area (Å²) in [5, 5.41) is 10.7. The topological polar surface area (TPSA) is 63.6 Å². The summed E-state index contributed by atoms with van der Waals surface area (Å²) < 4.78 is 5.56. The Bertz CT molecular complexity index is 853. The van der Waals surface area contributed by atoms with Gasteiger partial charge in [0.05, 0.1) is 5.56 Å². The average molecular weight is 383 g/mol. The van der Waals surface area contributed by atoms with Crippen LogP contribution in [0.5, 0.6) is 5.75 Å². The summed E-state index contributed by atoms with van der Waals surface area (Å²) in [6, 6.07) is 5.34. The molecule has 1 aliphatic rings. The zero-order valence-corrected chi connectivity index (χ0v) is 17.5. The van der Waals surface area contributed by atoms with Crippen molar-refractivity contribution in [3.05, 3.63) is 64.3 Å². The Morgan fingerprint density at radius 3 is 2.50 bits per heavy atom. The molecule has 0 saturated heterocycles. The van der Waals surface area contributed by atoms with Crippen molar-refractivity contribution in [2.24, 2.45) is 0 Å². The summed E-state index contributed by atoms with van der Waals surface area (Å²) >= 11 is 0. The van der Waals surface area contributed by atoms with Gasteiger partial charge >= 0.3 is 0 Å². The third-order valence-corrected chi connectivity index (χ3v) is 4.95. The molecule has 1 unspecified atom stereocenters. The first kappa shape index (κ1) is 21.8. The summed E-state index contributed by atoms with van der Waals surface area (Å²) in [6.45, 7) is 9.59. The van der Waals surface area contributed by atoms with Crippen LogP contribution in [0.1, 0.15) is 69.3 Å². The third-order valence-electron chi connectivity index (χ3n) is 4.95. The lowest BCUT2D eigenvalue weighted by molar-refractivity contribution is -0.114. The summed E-state index contributed by atoms with van der Waals surface area (Å²) in [7, 11) is 0. The van der Waals surface area contributed by atoms with Gasteiger partial charge in [-0.3, -0.25) is 9.59 Å². The smallest absolute Gasteiger partial charge is 0.276 e. The standard InChI is InChI=1S/C24H30O4/c1-16(2)12-13-20(25)18(4)9-6-8-17(3)14-15-24(27)23(26)22-19(5)10-7-11-21(22)28-24/h7,9-12,14,27H,6,8,13,15H2,1-5H3. The van der Waals surface area contributed by atoms with E-state index in [0.29, 0.717) is 17.7 Å². The molecule has 0 radical (unpaired) electrons. The zero-order valence-electron chi connectivity index (χ0n) is 17.5. The second kappa shape index (κ2) is 9.16. The Morgan fingerprint density at radius 1 is 1.14 bits per heavy atom. The van der Waals surface area contributed by atoms with Crippen molar-refractivity contribution >= 4 is 11.6 Å². The molecule has 0 fully saturated rings. The van der Waals surface area contributed by atoms with Gasteiger partial charge < -0.3 is 9.84 Å². The molecular formula is C24H30O4. The molecule has 1 atom stereocenters. The van der Waals surface area contributed by atoms with E-state index in [-0.39, 0.29) is 18.0 Å². The van der Waals surface area contributed by atoms with Crippen molar-refractivity contribution < 1.29 is 19.4 Å². The molecule has 150 valence electrons.